The van der Waals surface area contributed by atoms with Crippen molar-refractivity contribution in [1.82, 2.24) is 14.6 Å². The van der Waals surface area contributed by atoms with Gasteiger partial charge in [0.2, 0.25) is 10.0 Å². The van der Waals surface area contributed by atoms with Gasteiger partial charge in [0.25, 0.3) is 0 Å². The van der Waals surface area contributed by atoms with Crippen LogP contribution in [0, 0.1) is 5.92 Å². The third kappa shape index (κ3) is 4.06. The maximum Gasteiger partial charge on any atom is 0.243 e. The quantitative estimate of drug-likeness (QED) is 0.844. The Kier molecular flexibility index (Phi) is 5.38. The molecular formula is C18H25N3O2S. The van der Waals surface area contributed by atoms with Gasteiger partial charge in [-0.2, -0.15) is 4.31 Å². The predicted octanol–water partition coefficient (Wildman–Crippen LogP) is 2.73. The number of aromatic nitrogens is 1. The Morgan fingerprint density at radius 1 is 1.17 bits per heavy atom. The molecule has 0 spiro atoms. The van der Waals surface area contributed by atoms with Crippen molar-refractivity contribution in [3.63, 3.8) is 0 Å². The number of nitrogens with zero attached hydrogens (tertiary/aromatic N) is 1. The number of rotatable bonds is 6. The van der Waals surface area contributed by atoms with E-state index in [2.05, 4.69) is 17.2 Å². The predicted molar refractivity (Wildman–Crippen MR) is 94.9 cm³/mol. The van der Waals surface area contributed by atoms with Crippen molar-refractivity contribution in [2.24, 2.45) is 5.92 Å². The van der Waals surface area contributed by atoms with Crippen LogP contribution in [0.5, 0.6) is 0 Å². The fourth-order valence-electron chi connectivity index (χ4n) is 3.11. The van der Waals surface area contributed by atoms with Crippen LogP contribution < -0.4 is 5.32 Å². The monoisotopic (exact) mass is 347 g/mol. The molecule has 1 unspecified atom stereocenters. The first-order valence-electron chi connectivity index (χ1n) is 8.47. The first-order chi connectivity index (χ1) is 11.6. The fraction of sp³-hybridized carbons (Fsp3) is 0.444. The standard InChI is InChI=1S/C18H25N3O2S/c1-15-3-2-10-21(14-15)24(22,23)18-6-4-16(5-7-18)11-20-13-17-8-9-19-12-17/h4-9,12,15,19-20H,2-3,10-11,13-14H2,1H3. The van der Waals surface area contributed by atoms with Gasteiger partial charge in [0.1, 0.15) is 0 Å². The van der Waals surface area contributed by atoms with Crippen molar-refractivity contribution in [2.45, 2.75) is 37.8 Å². The van der Waals surface area contributed by atoms with Crippen molar-refractivity contribution < 1.29 is 8.42 Å². The van der Waals surface area contributed by atoms with E-state index in [4.69, 9.17) is 0 Å². The molecule has 0 bridgehead atoms. The van der Waals surface area contributed by atoms with Gasteiger partial charge in [0.15, 0.2) is 0 Å². The number of benzene rings is 1. The first-order valence-corrected chi connectivity index (χ1v) is 9.91. The largest absolute Gasteiger partial charge is 0.367 e. The molecule has 0 amide bonds. The molecule has 1 saturated heterocycles. The van der Waals surface area contributed by atoms with Gasteiger partial charge in [0, 0.05) is 38.6 Å². The van der Waals surface area contributed by atoms with Gasteiger partial charge in [-0.15, -0.1) is 0 Å². The highest BCUT2D eigenvalue weighted by molar-refractivity contribution is 7.89. The second-order valence-corrected chi connectivity index (χ2v) is 8.52. The van der Waals surface area contributed by atoms with Crippen LogP contribution in [0.15, 0.2) is 47.6 Å². The van der Waals surface area contributed by atoms with E-state index in [0.717, 1.165) is 24.9 Å². The lowest BCUT2D eigenvalue weighted by Crippen LogP contribution is -2.39. The summed E-state index contributed by atoms with van der Waals surface area (Å²) in [7, 11) is -3.36. The summed E-state index contributed by atoms with van der Waals surface area (Å²) in [5, 5.41) is 3.35. The molecule has 1 aromatic carbocycles. The average molecular weight is 347 g/mol. The van der Waals surface area contributed by atoms with E-state index in [1.54, 1.807) is 16.4 Å². The summed E-state index contributed by atoms with van der Waals surface area (Å²) in [6.45, 7) is 4.87. The summed E-state index contributed by atoms with van der Waals surface area (Å²) >= 11 is 0. The number of nitrogens with one attached hydrogen (secondary N) is 2. The average Bonchev–Trinajstić information content (AvgIpc) is 3.09. The van der Waals surface area contributed by atoms with Crippen molar-refractivity contribution in [3.05, 3.63) is 53.9 Å². The van der Waals surface area contributed by atoms with Crippen molar-refractivity contribution in [1.29, 1.82) is 0 Å². The molecule has 2 heterocycles. The van der Waals surface area contributed by atoms with Crippen LogP contribution in [0.25, 0.3) is 0 Å². The van der Waals surface area contributed by atoms with E-state index in [0.29, 0.717) is 30.4 Å². The van der Waals surface area contributed by atoms with Crippen LogP contribution in [0.2, 0.25) is 0 Å². The van der Waals surface area contributed by atoms with Crippen LogP contribution in [0.4, 0.5) is 0 Å². The Morgan fingerprint density at radius 2 is 1.92 bits per heavy atom. The molecule has 6 heteroatoms. The third-order valence-electron chi connectivity index (χ3n) is 4.50. The molecule has 24 heavy (non-hydrogen) atoms. The number of aromatic amines is 1. The number of piperidine rings is 1. The van der Waals surface area contributed by atoms with Gasteiger partial charge in [-0.1, -0.05) is 19.1 Å². The van der Waals surface area contributed by atoms with Crippen LogP contribution in [0.1, 0.15) is 30.9 Å². The molecule has 2 N–H and O–H groups in total. The summed E-state index contributed by atoms with van der Waals surface area (Å²) in [6.07, 6.45) is 5.92. The second-order valence-electron chi connectivity index (χ2n) is 6.58. The number of sulfonamides is 1. The van der Waals surface area contributed by atoms with E-state index in [1.165, 1.54) is 5.56 Å². The maximum absolute atomic E-state index is 12.7. The summed E-state index contributed by atoms with van der Waals surface area (Å²) in [4.78, 5) is 3.42. The minimum atomic E-state index is -3.36. The molecule has 1 aliphatic rings. The number of hydrogen-bond acceptors (Lipinski definition) is 3. The molecule has 1 aliphatic heterocycles. The van der Waals surface area contributed by atoms with Crippen molar-refractivity contribution in [2.75, 3.05) is 13.1 Å². The molecule has 0 aliphatic carbocycles. The number of H-pyrrole nitrogens is 1. The van der Waals surface area contributed by atoms with E-state index in [9.17, 15) is 8.42 Å². The maximum atomic E-state index is 12.7. The van der Waals surface area contributed by atoms with Crippen LogP contribution in [0.3, 0.4) is 0 Å². The van der Waals surface area contributed by atoms with Crippen LogP contribution >= 0.6 is 0 Å². The smallest absolute Gasteiger partial charge is 0.243 e. The summed E-state index contributed by atoms with van der Waals surface area (Å²) in [6, 6.07) is 9.26. The fourth-order valence-corrected chi connectivity index (χ4v) is 4.71. The topological polar surface area (TPSA) is 65.2 Å². The summed E-state index contributed by atoms with van der Waals surface area (Å²) in [5.74, 6) is 0.436. The molecule has 0 radical (unpaired) electrons. The Labute approximate surface area is 144 Å². The zero-order valence-electron chi connectivity index (χ0n) is 14.0. The molecule has 0 saturated carbocycles. The highest BCUT2D eigenvalue weighted by Crippen LogP contribution is 2.23. The van der Waals surface area contributed by atoms with Gasteiger partial charge in [0.05, 0.1) is 4.90 Å². The van der Waals surface area contributed by atoms with Gasteiger partial charge >= 0.3 is 0 Å². The van der Waals surface area contributed by atoms with E-state index >= 15 is 0 Å². The third-order valence-corrected chi connectivity index (χ3v) is 6.38. The van der Waals surface area contributed by atoms with Crippen LogP contribution in [-0.4, -0.2) is 30.8 Å². The molecule has 3 rings (SSSR count). The molecular weight excluding hydrogens is 322 g/mol. The van der Waals surface area contributed by atoms with Crippen molar-refractivity contribution in [3.8, 4) is 0 Å². The lowest BCUT2D eigenvalue weighted by molar-refractivity contribution is 0.281. The van der Waals surface area contributed by atoms with Gasteiger partial charge in [-0.3, -0.25) is 0 Å². The van der Waals surface area contributed by atoms with Gasteiger partial charge in [-0.05, 0) is 48.1 Å². The Balaban J connectivity index is 1.60. The van der Waals surface area contributed by atoms with E-state index in [1.807, 2.05) is 30.6 Å². The van der Waals surface area contributed by atoms with Gasteiger partial charge in [-0.25, -0.2) is 8.42 Å². The number of hydrogen-bond donors (Lipinski definition) is 2. The van der Waals surface area contributed by atoms with E-state index < -0.39 is 10.0 Å². The summed E-state index contributed by atoms with van der Waals surface area (Å²) in [5.41, 5.74) is 2.28. The molecule has 2 aromatic rings. The minimum Gasteiger partial charge on any atom is -0.367 e. The Morgan fingerprint density at radius 3 is 2.58 bits per heavy atom. The lowest BCUT2D eigenvalue weighted by atomic mass is 10.0. The van der Waals surface area contributed by atoms with Crippen molar-refractivity contribution >= 4 is 10.0 Å². The van der Waals surface area contributed by atoms with Gasteiger partial charge < -0.3 is 10.3 Å². The minimum absolute atomic E-state index is 0.394. The second kappa shape index (κ2) is 7.51. The zero-order valence-corrected chi connectivity index (χ0v) is 14.8. The SMILES string of the molecule is CC1CCCN(S(=O)(=O)c2ccc(CNCc3cc[nH]c3)cc2)C1. The highest BCUT2D eigenvalue weighted by Gasteiger charge is 2.28. The molecule has 1 atom stereocenters. The normalized spacial score (nSPS) is 19.5. The molecule has 1 aromatic heterocycles. The lowest BCUT2D eigenvalue weighted by Gasteiger charge is -2.30. The molecule has 130 valence electrons. The van der Waals surface area contributed by atoms with Crippen LogP contribution in [-0.2, 0) is 23.1 Å². The molecule has 1 fully saturated rings. The zero-order chi connectivity index (χ0) is 17.0. The summed E-state index contributed by atoms with van der Waals surface area (Å²) < 4.78 is 27.1. The van der Waals surface area contributed by atoms with E-state index in [-0.39, 0.29) is 0 Å². The molecule has 5 nitrogen and oxygen atoms in total. The first kappa shape index (κ1) is 17.2. The Hall–Kier alpha value is -1.63. The Bertz CT molecular complexity index is 739. The highest BCUT2D eigenvalue weighted by atomic mass is 32.2.